The van der Waals surface area contributed by atoms with Gasteiger partial charge in [-0.15, -0.1) is 0 Å². The van der Waals surface area contributed by atoms with Gasteiger partial charge < -0.3 is 0 Å². The van der Waals surface area contributed by atoms with E-state index < -0.39 is 5.54 Å². The van der Waals surface area contributed by atoms with E-state index in [1.165, 1.54) is 13.0 Å². The lowest BCUT2D eigenvalue weighted by atomic mass is 9.93. The molecular formula is C10H11NO2. The lowest BCUT2D eigenvalue weighted by Crippen LogP contribution is -2.28. The SMILES string of the molecule is C=C[C@@](C)(c1ccccc1)[N+](=O)[O-]. The maximum absolute atomic E-state index is 10.8. The number of rotatable bonds is 3. The molecule has 0 unspecified atom stereocenters. The highest BCUT2D eigenvalue weighted by molar-refractivity contribution is 5.25. The molecule has 0 amide bonds. The minimum absolute atomic E-state index is 0.338. The smallest absolute Gasteiger partial charge is 0.262 e. The van der Waals surface area contributed by atoms with Gasteiger partial charge in [0.25, 0.3) is 5.54 Å². The van der Waals surface area contributed by atoms with E-state index >= 15 is 0 Å². The highest BCUT2D eigenvalue weighted by Gasteiger charge is 2.35. The van der Waals surface area contributed by atoms with E-state index in [0.29, 0.717) is 5.56 Å². The van der Waals surface area contributed by atoms with Crippen molar-refractivity contribution >= 4 is 0 Å². The van der Waals surface area contributed by atoms with Gasteiger partial charge in [0, 0.05) is 17.4 Å². The molecule has 0 bridgehead atoms. The highest BCUT2D eigenvalue weighted by atomic mass is 16.6. The van der Waals surface area contributed by atoms with Crippen molar-refractivity contribution in [1.82, 2.24) is 0 Å². The maximum atomic E-state index is 10.8. The van der Waals surface area contributed by atoms with Crippen molar-refractivity contribution in [3.63, 3.8) is 0 Å². The first-order valence-electron chi connectivity index (χ1n) is 3.95. The zero-order valence-electron chi connectivity index (χ0n) is 7.43. The second-order valence-corrected chi connectivity index (χ2v) is 2.97. The summed E-state index contributed by atoms with van der Waals surface area (Å²) in [6, 6.07) is 8.84. The summed E-state index contributed by atoms with van der Waals surface area (Å²) in [6.07, 6.45) is 1.35. The molecule has 0 aliphatic carbocycles. The third-order valence-corrected chi connectivity index (χ3v) is 2.13. The Morgan fingerprint density at radius 3 is 2.38 bits per heavy atom. The Morgan fingerprint density at radius 2 is 2.00 bits per heavy atom. The molecule has 0 saturated heterocycles. The zero-order chi connectivity index (χ0) is 9.90. The van der Waals surface area contributed by atoms with E-state index in [0.717, 1.165) is 0 Å². The Balaban J connectivity index is 3.18. The van der Waals surface area contributed by atoms with Crippen LogP contribution in [0.25, 0.3) is 0 Å². The Labute approximate surface area is 76.9 Å². The topological polar surface area (TPSA) is 43.1 Å². The van der Waals surface area contributed by atoms with Crippen LogP contribution >= 0.6 is 0 Å². The van der Waals surface area contributed by atoms with Crippen molar-refractivity contribution in [1.29, 1.82) is 0 Å². The third-order valence-electron chi connectivity index (χ3n) is 2.13. The Kier molecular flexibility index (Phi) is 2.46. The normalized spacial score (nSPS) is 14.5. The standard InChI is InChI=1S/C10H11NO2/c1-3-10(2,11(12)13)9-7-5-4-6-8-9/h3-8H,1H2,2H3/t10-/m0/s1. The van der Waals surface area contributed by atoms with Gasteiger partial charge >= 0.3 is 0 Å². The van der Waals surface area contributed by atoms with E-state index in [4.69, 9.17) is 0 Å². The Bertz CT molecular complexity index is 321. The Hall–Kier alpha value is -1.64. The van der Waals surface area contributed by atoms with E-state index in [1.807, 2.05) is 6.07 Å². The van der Waals surface area contributed by atoms with Crippen LogP contribution in [0.15, 0.2) is 43.0 Å². The fourth-order valence-corrected chi connectivity index (χ4v) is 1.07. The molecule has 1 atom stereocenters. The molecule has 0 aliphatic heterocycles. The summed E-state index contributed by atoms with van der Waals surface area (Å²) in [6.45, 7) is 5.03. The molecule has 0 aromatic heterocycles. The van der Waals surface area contributed by atoms with Crippen molar-refractivity contribution in [3.05, 3.63) is 58.7 Å². The molecule has 0 heterocycles. The van der Waals surface area contributed by atoms with E-state index in [9.17, 15) is 10.1 Å². The fourth-order valence-electron chi connectivity index (χ4n) is 1.07. The van der Waals surface area contributed by atoms with Crippen molar-refractivity contribution in [3.8, 4) is 0 Å². The van der Waals surface area contributed by atoms with Crippen LogP contribution in [0.1, 0.15) is 12.5 Å². The molecule has 0 spiro atoms. The van der Waals surface area contributed by atoms with Crippen LogP contribution < -0.4 is 0 Å². The zero-order valence-corrected chi connectivity index (χ0v) is 7.43. The van der Waals surface area contributed by atoms with E-state index in [-0.39, 0.29) is 4.92 Å². The average molecular weight is 177 g/mol. The summed E-state index contributed by atoms with van der Waals surface area (Å²) in [5.74, 6) is 0. The molecule has 3 nitrogen and oxygen atoms in total. The molecule has 3 heteroatoms. The lowest BCUT2D eigenvalue weighted by Gasteiger charge is -2.16. The van der Waals surface area contributed by atoms with Gasteiger partial charge in [-0.2, -0.15) is 0 Å². The van der Waals surface area contributed by atoms with E-state index in [1.54, 1.807) is 24.3 Å². The van der Waals surface area contributed by atoms with Crippen LogP contribution in [0, 0.1) is 10.1 Å². The second-order valence-electron chi connectivity index (χ2n) is 2.97. The van der Waals surface area contributed by atoms with Crippen LogP contribution in [0.2, 0.25) is 0 Å². The lowest BCUT2D eigenvalue weighted by molar-refractivity contribution is -0.558. The van der Waals surface area contributed by atoms with Gasteiger partial charge in [0.1, 0.15) is 0 Å². The minimum Gasteiger partial charge on any atom is -0.263 e. The summed E-state index contributed by atoms with van der Waals surface area (Å²) in [5, 5.41) is 10.8. The molecule has 0 N–H and O–H groups in total. The van der Waals surface area contributed by atoms with Gasteiger partial charge in [-0.1, -0.05) is 36.9 Å². The Morgan fingerprint density at radius 1 is 1.46 bits per heavy atom. The molecule has 1 aromatic carbocycles. The predicted molar refractivity (Wildman–Crippen MR) is 51.0 cm³/mol. The monoisotopic (exact) mass is 177 g/mol. The largest absolute Gasteiger partial charge is 0.263 e. The molecule has 1 rings (SSSR count). The van der Waals surface area contributed by atoms with Gasteiger partial charge in [0.2, 0.25) is 0 Å². The van der Waals surface area contributed by atoms with Gasteiger partial charge in [0.15, 0.2) is 0 Å². The summed E-state index contributed by atoms with van der Waals surface area (Å²) >= 11 is 0. The summed E-state index contributed by atoms with van der Waals surface area (Å²) in [7, 11) is 0. The summed E-state index contributed by atoms with van der Waals surface area (Å²) in [4.78, 5) is 10.4. The van der Waals surface area contributed by atoms with Crippen molar-refractivity contribution < 1.29 is 4.92 Å². The molecule has 1 aromatic rings. The quantitative estimate of drug-likeness (QED) is 0.404. The molecule has 0 fully saturated rings. The number of benzene rings is 1. The molecule has 0 aliphatic rings. The first-order valence-corrected chi connectivity index (χ1v) is 3.95. The van der Waals surface area contributed by atoms with Gasteiger partial charge in [-0.3, -0.25) is 10.1 Å². The van der Waals surface area contributed by atoms with Gasteiger partial charge in [0.05, 0.1) is 0 Å². The number of hydrogen-bond donors (Lipinski definition) is 0. The number of nitro groups is 1. The van der Waals surface area contributed by atoms with Crippen LogP contribution in [0.3, 0.4) is 0 Å². The van der Waals surface area contributed by atoms with Crippen LogP contribution in [-0.2, 0) is 5.54 Å². The van der Waals surface area contributed by atoms with Crippen molar-refractivity contribution in [2.24, 2.45) is 0 Å². The van der Waals surface area contributed by atoms with Crippen LogP contribution in [0.4, 0.5) is 0 Å². The van der Waals surface area contributed by atoms with Crippen molar-refractivity contribution in [2.45, 2.75) is 12.5 Å². The minimum atomic E-state index is -1.18. The summed E-state index contributed by atoms with van der Waals surface area (Å²) < 4.78 is 0. The first-order chi connectivity index (χ1) is 6.11. The molecule has 0 radical (unpaired) electrons. The third kappa shape index (κ3) is 1.59. The van der Waals surface area contributed by atoms with Gasteiger partial charge in [-0.25, -0.2) is 0 Å². The van der Waals surface area contributed by atoms with Crippen LogP contribution in [-0.4, -0.2) is 4.92 Å². The average Bonchev–Trinajstić information content (AvgIpc) is 2.17. The summed E-state index contributed by atoms with van der Waals surface area (Å²) in [5.41, 5.74) is -0.531. The van der Waals surface area contributed by atoms with Gasteiger partial charge in [-0.05, 0) is 6.08 Å². The highest BCUT2D eigenvalue weighted by Crippen LogP contribution is 2.24. The van der Waals surface area contributed by atoms with Crippen molar-refractivity contribution in [2.75, 3.05) is 0 Å². The molecule has 68 valence electrons. The number of nitrogens with zero attached hydrogens (tertiary/aromatic N) is 1. The van der Waals surface area contributed by atoms with Crippen LogP contribution in [0.5, 0.6) is 0 Å². The predicted octanol–water partition coefficient (Wildman–Crippen LogP) is 2.36. The second kappa shape index (κ2) is 3.39. The molecular weight excluding hydrogens is 166 g/mol. The van der Waals surface area contributed by atoms with E-state index in [2.05, 4.69) is 6.58 Å². The molecule has 0 saturated carbocycles. The number of hydrogen-bond acceptors (Lipinski definition) is 2. The fraction of sp³-hybridized carbons (Fsp3) is 0.200. The molecule has 13 heavy (non-hydrogen) atoms. The first kappa shape index (κ1) is 9.45. The maximum Gasteiger partial charge on any atom is 0.262 e.